The Morgan fingerprint density at radius 1 is 1.33 bits per heavy atom. The van der Waals surface area contributed by atoms with E-state index < -0.39 is 11.6 Å². The molecule has 0 radical (unpaired) electrons. The van der Waals surface area contributed by atoms with Crippen molar-refractivity contribution >= 4 is 23.9 Å². The van der Waals surface area contributed by atoms with Crippen molar-refractivity contribution in [2.75, 3.05) is 26.7 Å². The maximum absolute atomic E-state index is 12.7. The molecule has 144 valence electrons. The average Bonchev–Trinajstić information content (AvgIpc) is 2.67. The van der Waals surface area contributed by atoms with E-state index in [4.69, 9.17) is 4.74 Å². The summed E-state index contributed by atoms with van der Waals surface area (Å²) in [6.45, 7) is 3.61. The first-order valence-electron chi connectivity index (χ1n) is 9.11. The number of fused-ring (bicyclic) bond motifs is 1. The first-order valence-corrected chi connectivity index (χ1v) is 9.11. The van der Waals surface area contributed by atoms with Crippen molar-refractivity contribution in [2.24, 2.45) is 0 Å². The predicted octanol–water partition coefficient (Wildman–Crippen LogP) is 2.40. The molecular formula is C20H24N2O5. The number of nitrogens with one attached hydrogen (secondary N) is 1. The lowest BCUT2D eigenvalue weighted by Crippen LogP contribution is -2.54. The maximum Gasteiger partial charge on any atom is 0.330 e. The first kappa shape index (κ1) is 18.9. The number of hydrogen-bond donors (Lipinski definition) is 1. The highest BCUT2D eigenvalue weighted by Gasteiger charge is 2.43. The third kappa shape index (κ3) is 4.13. The number of esters is 1. The van der Waals surface area contributed by atoms with Crippen molar-refractivity contribution < 1.29 is 23.9 Å². The van der Waals surface area contributed by atoms with Gasteiger partial charge < -0.3 is 19.7 Å². The van der Waals surface area contributed by atoms with Crippen LogP contribution in [0.5, 0.6) is 5.75 Å². The van der Waals surface area contributed by atoms with Gasteiger partial charge in [-0.1, -0.05) is 6.07 Å². The molecule has 1 spiro atoms. The fourth-order valence-electron chi connectivity index (χ4n) is 3.51. The molecule has 1 fully saturated rings. The largest absolute Gasteiger partial charge is 0.486 e. The molecule has 7 nitrogen and oxygen atoms in total. The van der Waals surface area contributed by atoms with Crippen LogP contribution < -0.4 is 10.1 Å². The molecule has 1 saturated heterocycles. The van der Waals surface area contributed by atoms with E-state index in [1.165, 1.54) is 13.2 Å². The highest BCUT2D eigenvalue weighted by Crippen LogP contribution is 2.39. The molecule has 0 bridgehead atoms. The quantitative estimate of drug-likeness (QED) is 0.651. The summed E-state index contributed by atoms with van der Waals surface area (Å²) in [5, 5.41) is 2.80. The Labute approximate surface area is 158 Å². The van der Waals surface area contributed by atoms with Crippen molar-refractivity contribution in [2.45, 2.75) is 31.8 Å². The lowest BCUT2D eigenvalue weighted by molar-refractivity contribution is -0.134. The second kappa shape index (κ2) is 7.82. The van der Waals surface area contributed by atoms with Crippen LogP contribution >= 0.6 is 0 Å². The van der Waals surface area contributed by atoms with E-state index >= 15 is 0 Å². The van der Waals surface area contributed by atoms with E-state index in [0.717, 1.165) is 5.56 Å². The minimum Gasteiger partial charge on any atom is -0.486 e. The van der Waals surface area contributed by atoms with Gasteiger partial charge in [-0.25, -0.2) is 9.59 Å². The van der Waals surface area contributed by atoms with E-state index in [-0.39, 0.29) is 11.8 Å². The molecule has 1 aromatic rings. The third-order valence-electron chi connectivity index (χ3n) is 5.02. The van der Waals surface area contributed by atoms with E-state index in [9.17, 15) is 14.4 Å². The number of carbonyl (C=O) groups excluding carboxylic acids is 3. The molecule has 2 aliphatic heterocycles. The van der Waals surface area contributed by atoms with Gasteiger partial charge in [-0.15, -0.1) is 0 Å². The van der Waals surface area contributed by atoms with Crippen molar-refractivity contribution in [1.29, 1.82) is 0 Å². The highest BCUT2D eigenvalue weighted by atomic mass is 16.5. The number of nitrogens with zero attached hydrogens (tertiary/aromatic N) is 1. The molecule has 2 heterocycles. The van der Waals surface area contributed by atoms with Crippen LogP contribution in [0, 0.1) is 0 Å². The lowest BCUT2D eigenvalue weighted by atomic mass is 9.82. The van der Waals surface area contributed by atoms with Gasteiger partial charge in [0.2, 0.25) is 0 Å². The molecule has 0 saturated carbocycles. The topological polar surface area (TPSA) is 84.9 Å². The van der Waals surface area contributed by atoms with E-state index in [1.807, 2.05) is 6.92 Å². The molecule has 0 atom stereocenters. The van der Waals surface area contributed by atoms with Crippen molar-refractivity contribution in [1.82, 2.24) is 10.2 Å². The minimum atomic E-state index is -0.545. The zero-order valence-electron chi connectivity index (χ0n) is 15.6. The summed E-state index contributed by atoms with van der Waals surface area (Å²) in [6, 6.07) is 5.22. The van der Waals surface area contributed by atoms with Gasteiger partial charge in [0.05, 0.1) is 19.1 Å². The van der Waals surface area contributed by atoms with E-state index in [0.29, 0.717) is 50.2 Å². The van der Waals surface area contributed by atoms with Crippen LogP contribution in [-0.4, -0.2) is 55.0 Å². The summed E-state index contributed by atoms with van der Waals surface area (Å²) in [5.41, 5.74) is 0.716. The molecular weight excluding hydrogens is 348 g/mol. The molecule has 0 unspecified atom stereocenters. The smallest absolute Gasteiger partial charge is 0.330 e. The average molecular weight is 372 g/mol. The fourth-order valence-corrected chi connectivity index (χ4v) is 3.51. The van der Waals surface area contributed by atoms with Crippen LogP contribution in [0.4, 0.5) is 4.79 Å². The van der Waals surface area contributed by atoms with E-state index in [1.54, 1.807) is 29.2 Å². The Morgan fingerprint density at radius 2 is 2.07 bits per heavy atom. The molecule has 0 aromatic heterocycles. The number of likely N-dealkylation sites (tertiary alicyclic amines) is 1. The van der Waals surface area contributed by atoms with Gasteiger partial charge in [-0.3, -0.25) is 4.79 Å². The normalized spacial score (nSPS) is 18.1. The Hall–Kier alpha value is -2.83. The van der Waals surface area contributed by atoms with Crippen LogP contribution in [-0.2, 0) is 9.53 Å². The summed E-state index contributed by atoms with van der Waals surface area (Å²) in [7, 11) is 1.31. The molecule has 7 heteroatoms. The highest BCUT2D eigenvalue weighted by molar-refractivity contribution is 6.01. The van der Waals surface area contributed by atoms with Gasteiger partial charge >= 0.3 is 12.0 Å². The predicted molar refractivity (Wildman–Crippen MR) is 99.7 cm³/mol. The van der Waals surface area contributed by atoms with Gasteiger partial charge in [0.1, 0.15) is 11.4 Å². The van der Waals surface area contributed by atoms with Crippen LogP contribution in [0.25, 0.3) is 6.08 Å². The van der Waals surface area contributed by atoms with Gasteiger partial charge in [-0.2, -0.15) is 0 Å². The molecule has 27 heavy (non-hydrogen) atoms. The van der Waals surface area contributed by atoms with Crippen molar-refractivity contribution in [3.63, 3.8) is 0 Å². The van der Waals surface area contributed by atoms with Gasteiger partial charge in [0.25, 0.3) is 0 Å². The molecule has 3 rings (SSSR count). The Morgan fingerprint density at radius 3 is 2.74 bits per heavy atom. The second-order valence-corrected chi connectivity index (χ2v) is 6.82. The standard InChI is InChI=1S/C20H24N2O5/c1-3-21-19(25)22-10-8-20(9-11-22)13-16(23)15-12-14(4-6-17(15)27-20)5-7-18(24)26-2/h4-7,12H,3,8-11,13H2,1-2H3,(H,21,25). The second-order valence-electron chi connectivity index (χ2n) is 6.82. The number of urea groups is 1. The third-order valence-corrected chi connectivity index (χ3v) is 5.02. The minimum absolute atomic E-state index is 0.0241. The number of carbonyl (C=O) groups is 3. The SMILES string of the molecule is CCNC(=O)N1CCC2(CC1)CC(=O)c1cc(C=CC(=O)OC)ccc1O2. The zero-order chi connectivity index (χ0) is 19.4. The number of piperidine rings is 1. The summed E-state index contributed by atoms with van der Waals surface area (Å²) in [5.74, 6) is 0.136. The number of methoxy groups -OCH3 is 1. The number of hydrogen-bond acceptors (Lipinski definition) is 5. The fraction of sp³-hybridized carbons (Fsp3) is 0.450. The lowest BCUT2D eigenvalue weighted by Gasteiger charge is -2.43. The van der Waals surface area contributed by atoms with E-state index in [2.05, 4.69) is 10.1 Å². The van der Waals surface area contributed by atoms with Crippen LogP contribution in [0.1, 0.15) is 42.1 Å². The first-order chi connectivity index (χ1) is 13.0. The van der Waals surface area contributed by atoms with Gasteiger partial charge in [0.15, 0.2) is 5.78 Å². The van der Waals surface area contributed by atoms with Crippen LogP contribution in [0.3, 0.4) is 0 Å². The van der Waals surface area contributed by atoms with Crippen LogP contribution in [0.15, 0.2) is 24.3 Å². The Kier molecular flexibility index (Phi) is 5.48. The summed E-state index contributed by atoms with van der Waals surface area (Å²) in [4.78, 5) is 37.7. The molecule has 2 amide bonds. The Balaban J connectivity index is 1.72. The number of ketones is 1. The summed E-state index contributed by atoms with van der Waals surface area (Å²) in [6.07, 6.45) is 4.47. The monoisotopic (exact) mass is 372 g/mol. The Bertz CT molecular complexity index is 779. The number of benzene rings is 1. The molecule has 1 aromatic carbocycles. The molecule has 1 N–H and O–H groups in total. The number of Topliss-reactive ketones (excluding diaryl/α,β-unsaturated/α-hetero) is 1. The van der Waals surface area contributed by atoms with Gasteiger partial charge in [0, 0.05) is 38.6 Å². The van der Waals surface area contributed by atoms with Crippen molar-refractivity contribution in [3.05, 3.63) is 35.4 Å². The maximum atomic E-state index is 12.7. The molecule has 0 aliphatic carbocycles. The van der Waals surface area contributed by atoms with Gasteiger partial charge in [-0.05, 0) is 30.7 Å². The molecule has 2 aliphatic rings. The summed E-state index contributed by atoms with van der Waals surface area (Å²) >= 11 is 0. The number of amides is 2. The number of rotatable bonds is 3. The van der Waals surface area contributed by atoms with Crippen molar-refractivity contribution in [3.8, 4) is 5.75 Å². The number of ether oxygens (including phenoxy) is 2. The summed E-state index contributed by atoms with van der Waals surface area (Å²) < 4.78 is 10.8. The van der Waals surface area contributed by atoms with Crippen LogP contribution in [0.2, 0.25) is 0 Å². The zero-order valence-corrected chi connectivity index (χ0v) is 15.6.